The Morgan fingerprint density at radius 2 is 2.33 bits per heavy atom. The molecule has 6 heteroatoms. The van der Waals surface area contributed by atoms with Gasteiger partial charge < -0.3 is 15.1 Å². The van der Waals surface area contributed by atoms with Gasteiger partial charge in [0.2, 0.25) is 11.8 Å². The van der Waals surface area contributed by atoms with Gasteiger partial charge in [-0.15, -0.1) is 5.10 Å². The van der Waals surface area contributed by atoms with E-state index in [1.807, 2.05) is 0 Å². The van der Waals surface area contributed by atoms with Crippen molar-refractivity contribution in [2.45, 2.75) is 6.92 Å². The molecule has 12 heavy (non-hydrogen) atoms. The molecule has 1 rings (SSSR count). The molecule has 0 fully saturated rings. The first-order valence-electron chi connectivity index (χ1n) is 3.47. The van der Waals surface area contributed by atoms with Crippen LogP contribution in [0.25, 0.3) is 0 Å². The lowest BCUT2D eigenvalue weighted by molar-refractivity contribution is -0.118. The van der Waals surface area contributed by atoms with E-state index in [2.05, 4.69) is 20.8 Å². The van der Waals surface area contributed by atoms with Crippen LogP contribution in [0.4, 0.5) is 6.01 Å². The highest BCUT2D eigenvalue weighted by molar-refractivity contribution is 5.79. The number of aromatic nitrogens is 2. The molecule has 2 N–H and O–H groups in total. The summed E-state index contributed by atoms with van der Waals surface area (Å²) in [5, 5.41) is 12.3. The maximum atomic E-state index is 10.7. The molecule has 0 aromatic carbocycles. The van der Waals surface area contributed by atoms with E-state index in [1.165, 1.54) is 0 Å². The quantitative estimate of drug-likeness (QED) is 0.641. The van der Waals surface area contributed by atoms with Gasteiger partial charge in [-0.25, -0.2) is 0 Å². The molecule has 0 saturated heterocycles. The normalized spacial score (nSPS) is 9.50. The van der Waals surface area contributed by atoms with Crippen molar-refractivity contribution >= 4 is 11.9 Å². The average molecular weight is 170 g/mol. The Morgan fingerprint density at radius 3 is 2.83 bits per heavy atom. The Kier molecular flexibility index (Phi) is 2.62. The summed E-state index contributed by atoms with van der Waals surface area (Å²) < 4.78 is 4.97. The molecule has 66 valence electrons. The molecule has 1 aromatic rings. The van der Waals surface area contributed by atoms with Gasteiger partial charge in [-0.1, -0.05) is 5.10 Å². The summed E-state index contributed by atoms with van der Waals surface area (Å²) in [6.07, 6.45) is 0. The molecule has 0 radical (unpaired) electrons. The minimum absolute atomic E-state index is 0.133. The lowest BCUT2D eigenvalue weighted by Gasteiger charge is -1.97. The highest BCUT2D eigenvalue weighted by atomic mass is 16.4. The van der Waals surface area contributed by atoms with Gasteiger partial charge in [0.15, 0.2) is 0 Å². The smallest absolute Gasteiger partial charge is 0.315 e. The summed E-state index contributed by atoms with van der Waals surface area (Å²) in [6, 6.07) is 0.260. The summed E-state index contributed by atoms with van der Waals surface area (Å²) in [5.41, 5.74) is 0. The SMILES string of the molecule is CNC(=O)CNc1nnc(C)o1. The van der Waals surface area contributed by atoms with Crippen LogP contribution in [0, 0.1) is 6.92 Å². The topological polar surface area (TPSA) is 80.0 Å². The molecule has 1 aromatic heterocycles. The minimum atomic E-state index is -0.133. The van der Waals surface area contributed by atoms with Gasteiger partial charge >= 0.3 is 6.01 Å². The highest BCUT2D eigenvalue weighted by Crippen LogP contribution is 2.01. The molecule has 0 aliphatic heterocycles. The molecule has 1 heterocycles. The largest absolute Gasteiger partial charge is 0.408 e. The number of nitrogens with one attached hydrogen (secondary N) is 2. The van der Waals surface area contributed by atoms with Crippen molar-refractivity contribution in [3.05, 3.63) is 5.89 Å². The summed E-state index contributed by atoms with van der Waals surface area (Å²) >= 11 is 0. The Bertz CT molecular complexity index is 270. The molecular weight excluding hydrogens is 160 g/mol. The number of likely N-dealkylation sites (N-methyl/N-ethyl adjacent to an activating group) is 1. The number of hydrogen-bond donors (Lipinski definition) is 2. The van der Waals surface area contributed by atoms with Crippen LogP contribution in [0.5, 0.6) is 0 Å². The fourth-order valence-corrected chi connectivity index (χ4v) is 0.612. The summed E-state index contributed by atoms with van der Waals surface area (Å²) in [7, 11) is 1.56. The van der Waals surface area contributed by atoms with Crippen molar-refractivity contribution in [2.75, 3.05) is 18.9 Å². The zero-order valence-corrected chi connectivity index (χ0v) is 6.92. The number of hydrogen-bond acceptors (Lipinski definition) is 5. The summed E-state index contributed by atoms with van der Waals surface area (Å²) in [5.74, 6) is 0.334. The number of nitrogens with zero attached hydrogens (tertiary/aromatic N) is 2. The predicted octanol–water partition coefficient (Wildman–Crippen LogP) is -0.464. The van der Waals surface area contributed by atoms with Gasteiger partial charge in [0, 0.05) is 14.0 Å². The highest BCUT2D eigenvalue weighted by Gasteiger charge is 2.02. The van der Waals surface area contributed by atoms with E-state index < -0.39 is 0 Å². The summed E-state index contributed by atoms with van der Waals surface area (Å²) in [6.45, 7) is 1.82. The first-order valence-corrected chi connectivity index (χ1v) is 3.47. The lowest BCUT2D eigenvalue weighted by atomic mass is 10.6. The molecular formula is C6H10N4O2. The van der Waals surface area contributed by atoms with E-state index in [0.717, 1.165) is 0 Å². The first-order chi connectivity index (χ1) is 5.72. The average Bonchev–Trinajstić information content (AvgIpc) is 2.47. The molecule has 0 spiro atoms. The fraction of sp³-hybridized carbons (Fsp3) is 0.500. The predicted molar refractivity (Wildman–Crippen MR) is 41.6 cm³/mol. The third-order valence-corrected chi connectivity index (χ3v) is 1.21. The van der Waals surface area contributed by atoms with E-state index in [0.29, 0.717) is 5.89 Å². The van der Waals surface area contributed by atoms with Crippen molar-refractivity contribution in [1.82, 2.24) is 15.5 Å². The molecule has 1 amide bonds. The molecule has 0 saturated carbocycles. The fourth-order valence-electron chi connectivity index (χ4n) is 0.612. The molecule has 0 aliphatic rings. The number of amides is 1. The van der Waals surface area contributed by atoms with Gasteiger partial charge in [0.05, 0.1) is 6.54 Å². The third kappa shape index (κ3) is 2.22. The van der Waals surface area contributed by atoms with Crippen LogP contribution in [0.1, 0.15) is 5.89 Å². The molecule has 0 aliphatic carbocycles. The molecule has 0 unspecified atom stereocenters. The van der Waals surface area contributed by atoms with Crippen LogP contribution in [-0.4, -0.2) is 29.7 Å². The van der Waals surface area contributed by atoms with Gasteiger partial charge in [0.25, 0.3) is 0 Å². The number of rotatable bonds is 3. The van der Waals surface area contributed by atoms with Gasteiger partial charge in [-0.3, -0.25) is 4.79 Å². The summed E-state index contributed by atoms with van der Waals surface area (Å²) in [4.78, 5) is 10.7. The van der Waals surface area contributed by atoms with E-state index in [-0.39, 0.29) is 18.5 Å². The van der Waals surface area contributed by atoms with E-state index >= 15 is 0 Å². The van der Waals surface area contributed by atoms with Crippen LogP contribution in [-0.2, 0) is 4.79 Å². The maximum Gasteiger partial charge on any atom is 0.315 e. The van der Waals surface area contributed by atoms with Crippen LogP contribution in [0.2, 0.25) is 0 Å². The second kappa shape index (κ2) is 3.70. The van der Waals surface area contributed by atoms with Crippen LogP contribution < -0.4 is 10.6 Å². The zero-order chi connectivity index (χ0) is 8.97. The maximum absolute atomic E-state index is 10.7. The number of carbonyl (C=O) groups excluding carboxylic acids is 1. The van der Waals surface area contributed by atoms with Crippen LogP contribution in [0.3, 0.4) is 0 Å². The van der Waals surface area contributed by atoms with Crippen molar-refractivity contribution in [1.29, 1.82) is 0 Å². The van der Waals surface area contributed by atoms with Crippen molar-refractivity contribution in [3.8, 4) is 0 Å². The van der Waals surface area contributed by atoms with Crippen LogP contribution in [0.15, 0.2) is 4.42 Å². The monoisotopic (exact) mass is 170 g/mol. The van der Waals surface area contributed by atoms with Gasteiger partial charge in [0.1, 0.15) is 0 Å². The second-order valence-electron chi connectivity index (χ2n) is 2.15. The Balaban J connectivity index is 2.38. The van der Waals surface area contributed by atoms with Gasteiger partial charge in [-0.05, 0) is 0 Å². The molecule has 6 nitrogen and oxygen atoms in total. The zero-order valence-electron chi connectivity index (χ0n) is 6.92. The second-order valence-corrected chi connectivity index (χ2v) is 2.15. The first kappa shape index (κ1) is 8.51. The third-order valence-electron chi connectivity index (χ3n) is 1.21. The number of carbonyl (C=O) groups is 1. The molecule has 0 bridgehead atoms. The van der Waals surface area contributed by atoms with E-state index in [4.69, 9.17) is 4.42 Å². The minimum Gasteiger partial charge on any atom is -0.408 e. The number of aryl methyl sites for hydroxylation is 1. The Labute approximate surface area is 69.4 Å². The van der Waals surface area contributed by atoms with E-state index in [1.54, 1.807) is 14.0 Å². The standard InChI is InChI=1S/C6H10N4O2/c1-4-9-10-6(12-4)8-3-5(11)7-2/h3H2,1-2H3,(H,7,11)(H,8,10). The van der Waals surface area contributed by atoms with Crippen molar-refractivity contribution in [2.24, 2.45) is 0 Å². The van der Waals surface area contributed by atoms with Crippen LogP contribution >= 0.6 is 0 Å². The Hall–Kier alpha value is -1.59. The Morgan fingerprint density at radius 1 is 1.58 bits per heavy atom. The van der Waals surface area contributed by atoms with E-state index in [9.17, 15) is 4.79 Å². The molecule has 0 atom stereocenters. The van der Waals surface area contributed by atoms with Crippen molar-refractivity contribution < 1.29 is 9.21 Å². The lowest BCUT2D eigenvalue weighted by Crippen LogP contribution is -2.26. The van der Waals surface area contributed by atoms with Crippen molar-refractivity contribution in [3.63, 3.8) is 0 Å². The van der Waals surface area contributed by atoms with Gasteiger partial charge in [-0.2, -0.15) is 0 Å². The number of anilines is 1.